The maximum absolute atomic E-state index is 8.46. The summed E-state index contributed by atoms with van der Waals surface area (Å²) in [6.07, 6.45) is 0. The summed E-state index contributed by atoms with van der Waals surface area (Å²) >= 11 is 9.19. The average Bonchev–Trinajstić information content (AvgIpc) is 2.60. The molecule has 0 aliphatic rings. The van der Waals surface area contributed by atoms with Crippen molar-refractivity contribution in [2.24, 2.45) is 10.9 Å². The van der Waals surface area contributed by atoms with Crippen LogP contribution in [0.2, 0.25) is 5.02 Å². The van der Waals surface area contributed by atoms with Crippen LogP contribution in [0.4, 0.5) is 0 Å². The predicted molar refractivity (Wildman–Crippen MR) is 59.2 cm³/mol. The number of halogens is 2. The number of amidine groups is 1. The van der Waals surface area contributed by atoms with Crippen molar-refractivity contribution in [2.45, 2.75) is 0 Å². The van der Waals surface area contributed by atoms with Crippen molar-refractivity contribution in [1.82, 2.24) is 4.98 Å². The van der Waals surface area contributed by atoms with Gasteiger partial charge in [0.05, 0.1) is 5.02 Å². The van der Waals surface area contributed by atoms with Gasteiger partial charge in [0.25, 0.3) is 5.89 Å². The fourth-order valence-electron chi connectivity index (χ4n) is 1.11. The van der Waals surface area contributed by atoms with Gasteiger partial charge in [0.15, 0.2) is 5.58 Å². The van der Waals surface area contributed by atoms with Crippen molar-refractivity contribution in [3.05, 3.63) is 27.5 Å². The summed E-state index contributed by atoms with van der Waals surface area (Å²) in [6, 6.07) is 3.38. The Hall–Kier alpha value is -1.27. The topological polar surface area (TPSA) is 84.6 Å². The molecule has 1 aromatic heterocycles. The van der Waals surface area contributed by atoms with Crippen LogP contribution in [-0.2, 0) is 0 Å². The van der Waals surface area contributed by atoms with Gasteiger partial charge in [-0.1, -0.05) is 32.7 Å². The van der Waals surface area contributed by atoms with E-state index in [0.717, 1.165) is 4.47 Å². The average molecular weight is 291 g/mol. The van der Waals surface area contributed by atoms with E-state index < -0.39 is 0 Å². The molecule has 0 unspecified atom stereocenters. The summed E-state index contributed by atoms with van der Waals surface area (Å²) in [5.41, 5.74) is 6.28. The van der Waals surface area contributed by atoms with E-state index >= 15 is 0 Å². The Bertz CT molecular complexity index is 552. The summed E-state index contributed by atoms with van der Waals surface area (Å²) in [4.78, 5) is 3.99. The molecule has 0 fully saturated rings. The molecule has 0 bridgehead atoms. The molecule has 2 aromatic rings. The highest BCUT2D eigenvalue weighted by Crippen LogP contribution is 2.28. The minimum Gasteiger partial charge on any atom is -0.433 e. The molecule has 1 aromatic carbocycles. The Balaban J connectivity index is 2.71. The summed E-state index contributed by atoms with van der Waals surface area (Å²) in [6.45, 7) is 0. The second kappa shape index (κ2) is 3.71. The molecule has 0 radical (unpaired) electrons. The first-order valence-electron chi connectivity index (χ1n) is 3.85. The Morgan fingerprint density at radius 2 is 2.33 bits per heavy atom. The van der Waals surface area contributed by atoms with E-state index in [1.165, 1.54) is 0 Å². The van der Waals surface area contributed by atoms with E-state index in [2.05, 4.69) is 26.1 Å². The molecule has 0 atom stereocenters. The van der Waals surface area contributed by atoms with Crippen molar-refractivity contribution >= 4 is 44.5 Å². The van der Waals surface area contributed by atoms with Gasteiger partial charge in [0, 0.05) is 4.47 Å². The van der Waals surface area contributed by atoms with E-state index in [1.54, 1.807) is 12.1 Å². The highest BCUT2D eigenvalue weighted by atomic mass is 79.9. The molecular weight excluding hydrogens is 285 g/mol. The lowest BCUT2D eigenvalue weighted by molar-refractivity contribution is 0.317. The number of fused-ring (bicyclic) bond motifs is 1. The number of rotatable bonds is 1. The normalized spacial score (nSPS) is 12.3. The van der Waals surface area contributed by atoms with Crippen molar-refractivity contribution in [3.8, 4) is 0 Å². The molecule has 0 aliphatic carbocycles. The Kier molecular flexibility index (Phi) is 2.54. The van der Waals surface area contributed by atoms with Gasteiger partial charge in [-0.2, -0.15) is 0 Å². The summed E-state index contributed by atoms with van der Waals surface area (Å²) in [5, 5.41) is 11.7. The maximum atomic E-state index is 8.46. The van der Waals surface area contributed by atoms with Crippen LogP contribution in [-0.4, -0.2) is 16.0 Å². The SMILES string of the molecule is N/C(=N\O)c1nc2c(Cl)cc(Br)cc2o1. The third kappa shape index (κ3) is 1.78. The second-order valence-corrected chi connectivity index (χ2v) is 4.06. The van der Waals surface area contributed by atoms with E-state index in [9.17, 15) is 0 Å². The molecule has 0 spiro atoms. The molecule has 0 aliphatic heterocycles. The van der Waals surface area contributed by atoms with E-state index in [1.807, 2.05) is 0 Å². The molecule has 1 heterocycles. The summed E-state index contributed by atoms with van der Waals surface area (Å²) < 4.78 is 6.01. The number of oxazole rings is 1. The zero-order chi connectivity index (χ0) is 11.0. The first-order valence-corrected chi connectivity index (χ1v) is 5.02. The van der Waals surface area contributed by atoms with Gasteiger partial charge in [-0.25, -0.2) is 4.98 Å². The van der Waals surface area contributed by atoms with Crippen LogP contribution in [0.1, 0.15) is 5.89 Å². The molecule has 7 heteroatoms. The quantitative estimate of drug-likeness (QED) is 0.365. The highest BCUT2D eigenvalue weighted by molar-refractivity contribution is 9.10. The van der Waals surface area contributed by atoms with Gasteiger partial charge in [-0.3, -0.25) is 0 Å². The number of nitrogens with zero attached hydrogens (tertiary/aromatic N) is 2. The van der Waals surface area contributed by atoms with Crippen LogP contribution in [0.15, 0.2) is 26.2 Å². The maximum Gasteiger partial charge on any atom is 0.266 e. The van der Waals surface area contributed by atoms with Crippen molar-refractivity contribution in [2.75, 3.05) is 0 Å². The predicted octanol–water partition coefficient (Wildman–Crippen LogP) is 2.34. The van der Waals surface area contributed by atoms with Crippen molar-refractivity contribution in [1.29, 1.82) is 0 Å². The molecule has 0 amide bonds. The van der Waals surface area contributed by atoms with Crippen LogP contribution >= 0.6 is 27.5 Å². The molecule has 0 saturated heterocycles. The van der Waals surface area contributed by atoms with E-state index in [-0.39, 0.29) is 11.7 Å². The van der Waals surface area contributed by atoms with E-state index in [4.69, 9.17) is 27.0 Å². The number of hydrogen-bond acceptors (Lipinski definition) is 4. The fraction of sp³-hybridized carbons (Fsp3) is 0. The Labute approximate surface area is 97.6 Å². The van der Waals surface area contributed by atoms with Gasteiger partial charge >= 0.3 is 0 Å². The van der Waals surface area contributed by atoms with Crippen molar-refractivity contribution in [3.63, 3.8) is 0 Å². The molecule has 2 rings (SSSR count). The first-order chi connectivity index (χ1) is 7.11. The second-order valence-electron chi connectivity index (χ2n) is 2.74. The largest absolute Gasteiger partial charge is 0.433 e. The van der Waals surface area contributed by atoms with Gasteiger partial charge in [-0.05, 0) is 12.1 Å². The van der Waals surface area contributed by atoms with Crippen molar-refractivity contribution < 1.29 is 9.62 Å². The van der Waals surface area contributed by atoms with Crippen LogP contribution in [0.25, 0.3) is 11.1 Å². The Morgan fingerprint density at radius 3 is 3.00 bits per heavy atom. The standard InChI is InChI=1S/C8H5BrClN3O2/c9-3-1-4(10)6-5(2-3)15-8(12-6)7(11)13-14/h1-2,14H,(H2,11,13). The smallest absolute Gasteiger partial charge is 0.266 e. The van der Waals surface area contributed by atoms with Gasteiger partial charge in [0.2, 0.25) is 5.84 Å². The van der Waals surface area contributed by atoms with E-state index in [0.29, 0.717) is 16.1 Å². The van der Waals surface area contributed by atoms with Gasteiger partial charge < -0.3 is 15.4 Å². The lowest BCUT2D eigenvalue weighted by Crippen LogP contribution is -2.13. The van der Waals surface area contributed by atoms with Crippen LogP contribution in [0.5, 0.6) is 0 Å². The molecule has 0 saturated carbocycles. The third-order valence-corrected chi connectivity index (χ3v) is 2.49. The van der Waals surface area contributed by atoms with Gasteiger partial charge in [-0.15, -0.1) is 0 Å². The number of hydrogen-bond donors (Lipinski definition) is 2. The summed E-state index contributed by atoms with van der Waals surface area (Å²) in [7, 11) is 0. The minimum absolute atomic E-state index is 0.0347. The van der Waals surface area contributed by atoms with Crippen LogP contribution in [0.3, 0.4) is 0 Å². The fourth-order valence-corrected chi connectivity index (χ4v) is 1.93. The van der Waals surface area contributed by atoms with Crippen LogP contribution < -0.4 is 5.73 Å². The summed E-state index contributed by atoms with van der Waals surface area (Å²) in [5.74, 6) is -0.161. The zero-order valence-electron chi connectivity index (χ0n) is 7.24. The van der Waals surface area contributed by atoms with Gasteiger partial charge in [0.1, 0.15) is 5.52 Å². The minimum atomic E-state index is -0.196. The lowest BCUT2D eigenvalue weighted by atomic mass is 10.3. The first kappa shape index (κ1) is 10.3. The number of oxime groups is 1. The Morgan fingerprint density at radius 1 is 1.60 bits per heavy atom. The third-order valence-electron chi connectivity index (χ3n) is 1.74. The van der Waals surface area contributed by atoms with Crippen LogP contribution in [0, 0.1) is 0 Å². The molecule has 3 N–H and O–H groups in total. The number of benzene rings is 1. The number of nitrogens with two attached hydrogens (primary N) is 1. The highest BCUT2D eigenvalue weighted by Gasteiger charge is 2.12. The molecular formula is C8H5BrClN3O2. The molecule has 15 heavy (non-hydrogen) atoms. The molecule has 78 valence electrons. The molecule has 5 nitrogen and oxygen atoms in total. The zero-order valence-corrected chi connectivity index (χ0v) is 9.58. The number of aromatic nitrogens is 1. The lowest BCUT2D eigenvalue weighted by Gasteiger charge is -1.91. The monoisotopic (exact) mass is 289 g/mol.